The van der Waals surface area contributed by atoms with Crippen molar-refractivity contribution in [3.05, 3.63) is 29.8 Å². The van der Waals surface area contributed by atoms with Crippen LogP contribution in [0, 0.1) is 0 Å². The van der Waals surface area contributed by atoms with Gasteiger partial charge in [-0.15, -0.1) is 0 Å². The molecule has 0 unspecified atom stereocenters. The van der Waals surface area contributed by atoms with Crippen molar-refractivity contribution in [2.45, 2.75) is 64.5 Å². The number of hydrazine groups is 1. The molecule has 0 saturated carbocycles. The van der Waals surface area contributed by atoms with E-state index in [9.17, 15) is 4.79 Å². The van der Waals surface area contributed by atoms with Crippen LogP contribution in [-0.4, -0.2) is 17.5 Å². The molecule has 1 aliphatic heterocycles. The molecule has 0 aliphatic carbocycles. The van der Waals surface area contributed by atoms with Crippen LogP contribution in [0.4, 0.5) is 5.69 Å². The second kappa shape index (κ2) is 6.06. The molecule has 2 rings (SSSR count). The summed E-state index contributed by atoms with van der Waals surface area (Å²) >= 11 is 0. The predicted molar refractivity (Wildman–Crippen MR) is 87.1 cm³/mol. The van der Waals surface area contributed by atoms with Gasteiger partial charge in [0.2, 0.25) is 0 Å². The Morgan fingerprint density at radius 1 is 1.48 bits per heavy atom. The SMILES string of the molecule is CCC[C@H](C(=O)NN)N1c2ccccc2[C@@H](C)CC1(C)C. The number of para-hydroxylation sites is 1. The highest BCUT2D eigenvalue weighted by Crippen LogP contribution is 2.44. The van der Waals surface area contributed by atoms with Crippen LogP contribution in [0.1, 0.15) is 58.4 Å². The van der Waals surface area contributed by atoms with Crippen molar-refractivity contribution >= 4 is 11.6 Å². The number of nitrogens with zero attached hydrogens (tertiary/aromatic N) is 1. The molecule has 0 bridgehead atoms. The molecule has 116 valence electrons. The van der Waals surface area contributed by atoms with Gasteiger partial charge in [-0.3, -0.25) is 10.2 Å². The van der Waals surface area contributed by atoms with Gasteiger partial charge in [0, 0.05) is 11.2 Å². The summed E-state index contributed by atoms with van der Waals surface area (Å²) in [5.41, 5.74) is 4.77. The highest BCUT2D eigenvalue weighted by Gasteiger charge is 2.41. The molecule has 1 aromatic carbocycles. The second-order valence-electron chi connectivity index (χ2n) is 6.66. The maximum absolute atomic E-state index is 12.3. The fraction of sp³-hybridized carbons (Fsp3) is 0.588. The van der Waals surface area contributed by atoms with Crippen molar-refractivity contribution in [2.24, 2.45) is 5.84 Å². The predicted octanol–water partition coefficient (Wildman–Crippen LogP) is 2.94. The molecule has 1 aliphatic rings. The van der Waals surface area contributed by atoms with E-state index in [1.165, 1.54) is 11.3 Å². The number of nitrogens with one attached hydrogen (secondary N) is 1. The molecule has 21 heavy (non-hydrogen) atoms. The summed E-state index contributed by atoms with van der Waals surface area (Å²) in [6.45, 7) is 8.79. The maximum atomic E-state index is 12.3. The van der Waals surface area contributed by atoms with E-state index >= 15 is 0 Å². The van der Waals surface area contributed by atoms with Crippen molar-refractivity contribution in [1.82, 2.24) is 5.43 Å². The zero-order chi connectivity index (χ0) is 15.6. The van der Waals surface area contributed by atoms with E-state index in [1.807, 2.05) is 6.07 Å². The van der Waals surface area contributed by atoms with Crippen molar-refractivity contribution in [2.75, 3.05) is 4.90 Å². The lowest BCUT2D eigenvalue weighted by molar-refractivity contribution is -0.123. The quantitative estimate of drug-likeness (QED) is 0.509. The highest BCUT2D eigenvalue weighted by molar-refractivity contribution is 5.86. The Bertz CT molecular complexity index is 513. The van der Waals surface area contributed by atoms with Crippen LogP contribution in [0.2, 0.25) is 0 Å². The molecule has 1 aromatic rings. The van der Waals surface area contributed by atoms with E-state index in [4.69, 9.17) is 5.84 Å². The van der Waals surface area contributed by atoms with Gasteiger partial charge in [0.1, 0.15) is 6.04 Å². The Hall–Kier alpha value is -1.55. The number of anilines is 1. The molecule has 0 aromatic heterocycles. The summed E-state index contributed by atoms with van der Waals surface area (Å²) in [7, 11) is 0. The number of nitrogens with two attached hydrogens (primary N) is 1. The van der Waals surface area contributed by atoms with Crippen LogP contribution in [0.15, 0.2) is 24.3 Å². The van der Waals surface area contributed by atoms with Crippen molar-refractivity contribution in [3.63, 3.8) is 0 Å². The van der Waals surface area contributed by atoms with Crippen LogP contribution in [0.25, 0.3) is 0 Å². The molecule has 0 radical (unpaired) electrons. The normalized spacial score (nSPS) is 21.6. The second-order valence-corrected chi connectivity index (χ2v) is 6.66. The van der Waals surface area contributed by atoms with E-state index in [0.29, 0.717) is 5.92 Å². The number of hydrogen-bond donors (Lipinski definition) is 2. The Morgan fingerprint density at radius 3 is 2.76 bits per heavy atom. The molecule has 0 saturated heterocycles. The third-order valence-electron chi connectivity index (χ3n) is 4.50. The molecular weight excluding hydrogens is 262 g/mol. The van der Waals surface area contributed by atoms with Crippen molar-refractivity contribution in [3.8, 4) is 0 Å². The van der Waals surface area contributed by atoms with Gasteiger partial charge in [0.15, 0.2) is 0 Å². The van der Waals surface area contributed by atoms with Crippen LogP contribution < -0.4 is 16.2 Å². The van der Waals surface area contributed by atoms with Crippen LogP contribution >= 0.6 is 0 Å². The topological polar surface area (TPSA) is 58.4 Å². The number of carbonyl (C=O) groups excluding carboxylic acids is 1. The molecule has 3 N–H and O–H groups in total. The molecule has 4 heteroatoms. The number of fused-ring (bicyclic) bond motifs is 1. The molecule has 1 heterocycles. The summed E-state index contributed by atoms with van der Waals surface area (Å²) in [4.78, 5) is 14.6. The first kappa shape index (κ1) is 15.8. The smallest absolute Gasteiger partial charge is 0.256 e. The van der Waals surface area contributed by atoms with Gasteiger partial charge in [0.25, 0.3) is 5.91 Å². The Morgan fingerprint density at radius 2 is 2.14 bits per heavy atom. The first-order valence-corrected chi connectivity index (χ1v) is 7.81. The minimum Gasteiger partial charge on any atom is -0.354 e. The largest absolute Gasteiger partial charge is 0.354 e. The Balaban J connectivity index is 2.52. The fourth-order valence-corrected chi connectivity index (χ4v) is 3.74. The highest BCUT2D eigenvalue weighted by atomic mass is 16.2. The third kappa shape index (κ3) is 2.91. The minimum atomic E-state index is -0.219. The average Bonchev–Trinajstić information content (AvgIpc) is 2.44. The van der Waals surface area contributed by atoms with E-state index in [1.54, 1.807) is 0 Å². The number of hydrogen-bond acceptors (Lipinski definition) is 3. The molecular formula is C17H27N3O. The van der Waals surface area contributed by atoms with Gasteiger partial charge in [-0.05, 0) is 44.2 Å². The standard InChI is InChI=1S/C17H27N3O/c1-5-8-15(16(21)19-18)20-14-10-7-6-9-13(14)12(2)11-17(20,3)4/h6-7,9-10,12,15H,5,8,11,18H2,1-4H3,(H,19,21)/t12-,15+/m0/s1. The Kier molecular flexibility index (Phi) is 4.57. The average molecular weight is 289 g/mol. The van der Waals surface area contributed by atoms with Gasteiger partial charge in [-0.1, -0.05) is 38.5 Å². The van der Waals surface area contributed by atoms with Crippen LogP contribution in [0.3, 0.4) is 0 Å². The lowest BCUT2D eigenvalue weighted by Gasteiger charge is -2.50. The van der Waals surface area contributed by atoms with Crippen LogP contribution in [-0.2, 0) is 4.79 Å². The molecule has 1 amide bonds. The Labute approximate surface area is 127 Å². The summed E-state index contributed by atoms with van der Waals surface area (Å²) in [5.74, 6) is 5.81. The van der Waals surface area contributed by atoms with Crippen molar-refractivity contribution in [1.29, 1.82) is 0 Å². The summed E-state index contributed by atoms with van der Waals surface area (Å²) in [6, 6.07) is 8.20. The van der Waals surface area contributed by atoms with Gasteiger partial charge < -0.3 is 4.90 Å². The molecule has 4 nitrogen and oxygen atoms in total. The number of benzene rings is 1. The number of rotatable bonds is 4. The first-order chi connectivity index (χ1) is 9.92. The molecule has 2 atom stereocenters. The number of amides is 1. The van der Waals surface area contributed by atoms with E-state index in [2.05, 4.69) is 56.2 Å². The summed E-state index contributed by atoms with van der Waals surface area (Å²) < 4.78 is 0. The lowest BCUT2D eigenvalue weighted by atomic mass is 9.78. The monoisotopic (exact) mass is 289 g/mol. The van der Waals surface area contributed by atoms with Gasteiger partial charge in [-0.25, -0.2) is 5.84 Å². The first-order valence-electron chi connectivity index (χ1n) is 7.81. The molecule has 0 spiro atoms. The molecule has 0 fully saturated rings. The lowest BCUT2D eigenvalue weighted by Crippen LogP contribution is -2.59. The number of carbonyl (C=O) groups is 1. The van der Waals surface area contributed by atoms with E-state index in [-0.39, 0.29) is 17.5 Å². The zero-order valence-corrected chi connectivity index (χ0v) is 13.5. The van der Waals surface area contributed by atoms with Gasteiger partial charge >= 0.3 is 0 Å². The maximum Gasteiger partial charge on any atom is 0.256 e. The van der Waals surface area contributed by atoms with Gasteiger partial charge in [0.05, 0.1) is 0 Å². The summed E-state index contributed by atoms with van der Waals surface area (Å²) in [6.07, 6.45) is 2.78. The summed E-state index contributed by atoms with van der Waals surface area (Å²) in [5, 5.41) is 0. The van der Waals surface area contributed by atoms with Gasteiger partial charge in [-0.2, -0.15) is 0 Å². The fourth-order valence-electron chi connectivity index (χ4n) is 3.74. The van der Waals surface area contributed by atoms with E-state index in [0.717, 1.165) is 19.3 Å². The van der Waals surface area contributed by atoms with Crippen LogP contribution in [0.5, 0.6) is 0 Å². The zero-order valence-electron chi connectivity index (χ0n) is 13.5. The van der Waals surface area contributed by atoms with E-state index < -0.39 is 0 Å². The van der Waals surface area contributed by atoms with Crippen molar-refractivity contribution < 1.29 is 4.79 Å². The third-order valence-corrected chi connectivity index (χ3v) is 4.50. The minimum absolute atomic E-state index is 0.0693.